The molecule has 138 valence electrons. The number of nitrogens with one attached hydrogen (secondary N) is 3. The molecular weight excluding hydrogens is 314 g/mol. The Labute approximate surface area is 151 Å². The molecule has 0 atom stereocenters. The fraction of sp³-hybridized carbons (Fsp3) is 0.600. The van der Waals surface area contributed by atoms with Crippen LogP contribution in [-0.2, 0) is 11.3 Å². The van der Waals surface area contributed by atoms with Crippen molar-refractivity contribution in [3.05, 3.63) is 35.4 Å². The zero-order chi connectivity index (χ0) is 17.9. The van der Waals surface area contributed by atoms with Crippen LogP contribution in [0.25, 0.3) is 0 Å². The van der Waals surface area contributed by atoms with Gasteiger partial charge >= 0.3 is 0 Å². The first-order valence-corrected chi connectivity index (χ1v) is 9.53. The quantitative estimate of drug-likeness (QED) is 0.603. The summed E-state index contributed by atoms with van der Waals surface area (Å²) in [6.45, 7) is 5.48. The molecule has 3 N–H and O–H groups in total. The van der Waals surface area contributed by atoms with E-state index >= 15 is 0 Å². The normalized spacial score (nSPS) is 14.9. The Balaban J connectivity index is 1.67. The van der Waals surface area contributed by atoms with Gasteiger partial charge in [-0.25, -0.2) is 0 Å². The second-order valence-electron chi connectivity index (χ2n) is 6.82. The largest absolute Gasteiger partial charge is 0.352 e. The average Bonchev–Trinajstić information content (AvgIpc) is 2.66. The van der Waals surface area contributed by atoms with Crippen molar-refractivity contribution in [2.24, 2.45) is 5.92 Å². The molecule has 2 rings (SSSR count). The maximum atomic E-state index is 12.0. The maximum absolute atomic E-state index is 12.0. The van der Waals surface area contributed by atoms with E-state index in [2.05, 4.69) is 22.9 Å². The molecule has 1 saturated heterocycles. The lowest BCUT2D eigenvalue weighted by atomic mass is 9.93. The highest BCUT2D eigenvalue weighted by Crippen LogP contribution is 2.17. The molecule has 0 radical (unpaired) electrons. The monoisotopic (exact) mass is 345 g/mol. The summed E-state index contributed by atoms with van der Waals surface area (Å²) in [4.78, 5) is 23.9. The lowest BCUT2D eigenvalue weighted by Crippen LogP contribution is -2.29. The van der Waals surface area contributed by atoms with Gasteiger partial charge in [0.25, 0.3) is 5.91 Å². The number of hydrogen-bond acceptors (Lipinski definition) is 3. The van der Waals surface area contributed by atoms with Gasteiger partial charge in [0.15, 0.2) is 0 Å². The number of carbonyl (C=O) groups excluding carboxylic acids is 2. The van der Waals surface area contributed by atoms with Gasteiger partial charge in [-0.15, -0.1) is 0 Å². The standard InChI is InChI=1S/C20H31N3O2/c1-2-3-12-22-20(25)18-7-4-17(5-8-18)15-23-19(24)9-6-16-10-13-21-14-11-16/h4-5,7-8,16,21H,2-3,6,9-15H2,1H3,(H,22,25)(H,23,24). The van der Waals surface area contributed by atoms with Crippen LogP contribution in [0.4, 0.5) is 0 Å². The number of unbranched alkanes of at least 4 members (excludes halogenated alkanes) is 1. The third-order valence-electron chi connectivity index (χ3n) is 4.76. The number of amides is 2. The minimum atomic E-state index is -0.0361. The van der Waals surface area contributed by atoms with Gasteiger partial charge in [0, 0.05) is 25.1 Å². The van der Waals surface area contributed by atoms with Crippen LogP contribution >= 0.6 is 0 Å². The van der Waals surface area contributed by atoms with Crippen LogP contribution in [-0.4, -0.2) is 31.4 Å². The molecule has 0 saturated carbocycles. The van der Waals surface area contributed by atoms with Gasteiger partial charge in [-0.3, -0.25) is 9.59 Å². The Bertz CT molecular complexity index is 536. The molecule has 0 bridgehead atoms. The molecule has 5 heteroatoms. The SMILES string of the molecule is CCCCNC(=O)c1ccc(CNC(=O)CCC2CCNCC2)cc1. The van der Waals surface area contributed by atoms with Crippen molar-refractivity contribution in [2.45, 2.75) is 52.0 Å². The van der Waals surface area contributed by atoms with Crippen molar-refractivity contribution in [1.82, 2.24) is 16.0 Å². The number of rotatable bonds is 9. The van der Waals surface area contributed by atoms with Crippen molar-refractivity contribution < 1.29 is 9.59 Å². The summed E-state index contributed by atoms with van der Waals surface area (Å²) >= 11 is 0. The van der Waals surface area contributed by atoms with Gasteiger partial charge < -0.3 is 16.0 Å². The fourth-order valence-corrected chi connectivity index (χ4v) is 3.05. The highest BCUT2D eigenvalue weighted by atomic mass is 16.2. The van der Waals surface area contributed by atoms with Crippen LogP contribution in [0.2, 0.25) is 0 Å². The minimum absolute atomic E-state index is 0.0361. The van der Waals surface area contributed by atoms with E-state index in [4.69, 9.17) is 0 Å². The third kappa shape index (κ3) is 7.26. The van der Waals surface area contributed by atoms with E-state index in [-0.39, 0.29) is 11.8 Å². The Morgan fingerprint density at radius 3 is 2.52 bits per heavy atom. The fourth-order valence-electron chi connectivity index (χ4n) is 3.05. The minimum Gasteiger partial charge on any atom is -0.352 e. The summed E-state index contributed by atoms with van der Waals surface area (Å²) in [5, 5.41) is 9.22. The van der Waals surface area contributed by atoms with Crippen LogP contribution in [0.5, 0.6) is 0 Å². The van der Waals surface area contributed by atoms with Crippen LogP contribution in [0.1, 0.15) is 61.4 Å². The molecule has 5 nitrogen and oxygen atoms in total. The molecule has 0 unspecified atom stereocenters. The summed E-state index contributed by atoms with van der Waals surface area (Å²) < 4.78 is 0. The van der Waals surface area contributed by atoms with Gasteiger partial charge in [-0.05, 0) is 62.4 Å². The van der Waals surface area contributed by atoms with Crippen molar-refractivity contribution in [3.63, 3.8) is 0 Å². The average molecular weight is 345 g/mol. The zero-order valence-electron chi connectivity index (χ0n) is 15.3. The smallest absolute Gasteiger partial charge is 0.251 e. The first-order chi connectivity index (χ1) is 12.2. The first-order valence-electron chi connectivity index (χ1n) is 9.53. The van der Waals surface area contributed by atoms with Crippen molar-refractivity contribution in [2.75, 3.05) is 19.6 Å². The number of hydrogen-bond donors (Lipinski definition) is 3. The van der Waals surface area contributed by atoms with E-state index in [1.165, 1.54) is 12.8 Å². The van der Waals surface area contributed by atoms with Crippen molar-refractivity contribution >= 4 is 11.8 Å². The van der Waals surface area contributed by atoms with Gasteiger partial charge in [0.1, 0.15) is 0 Å². The highest BCUT2D eigenvalue weighted by molar-refractivity contribution is 5.94. The van der Waals surface area contributed by atoms with Crippen LogP contribution in [0, 0.1) is 5.92 Å². The predicted octanol–water partition coefficient (Wildman–Crippen LogP) is 2.61. The molecular formula is C20H31N3O2. The summed E-state index contributed by atoms with van der Waals surface area (Å²) in [6, 6.07) is 7.44. The van der Waals surface area contributed by atoms with Crippen LogP contribution in [0.3, 0.4) is 0 Å². The zero-order valence-corrected chi connectivity index (χ0v) is 15.3. The van der Waals surface area contributed by atoms with Gasteiger partial charge in [0.2, 0.25) is 5.91 Å². The molecule has 0 spiro atoms. The molecule has 1 fully saturated rings. The highest BCUT2D eigenvalue weighted by Gasteiger charge is 2.14. The molecule has 0 aromatic heterocycles. The number of piperidine rings is 1. The molecule has 1 aromatic carbocycles. The van der Waals surface area contributed by atoms with E-state index in [9.17, 15) is 9.59 Å². The summed E-state index contributed by atoms with van der Waals surface area (Å²) in [5.41, 5.74) is 1.68. The molecule has 25 heavy (non-hydrogen) atoms. The molecule has 1 heterocycles. The number of benzene rings is 1. The third-order valence-corrected chi connectivity index (χ3v) is 4.76. The lowest BCUT2D eigenvalue weighted by molar-refractivity contribution is -0.121. The summed E-state index contributed by atoms with van der Waals surface area (Å²) in [6.07, 6.45) is 5.99. The molecule has 1 aliphatic heterocycles. The van der Waals surface area contributed by atoms with E-state index in [1.54, 1.807) is 0 Å². The molecule has 1 aliphatic rings. The van der Waals surface area contributed by atoms with Crippen molar-refractivity contribution in [3.8, 4) is 0 Å². The van der Waals surface area contributed by atoms with Gasteiger partial charge in [-0.2, -0.15) is 0 Å². The van der Waals surface area contributed by atoms with E-state index in [1.807, 2.05) is 24.3 Å². The van der Waals surface area contributed by atoms with E-state index in [0.29, 0.717) is 31.0 Å². The summed E-state index contributed by atoms with van der Waals surface area (Å²) in [7, 11) is 0. The van der Waals surface area contributed by atoms with Crippen LogP contribution in [0.15, 0.2) is 24.3 Å². The van der Waals surface area contributed by atoms with E-state index < -0.39 is 0 Å². The predicted molar refractivity (Wildman–Crippen MR) is 100 cm³/mol. The second kappa shape index (κ2) is 10.9. The summed E-state index contributed by atoms with van der Waals surface area (Å²) in [5.74, 6) is 0.753. The van der Waals surface area contributed by atoms with E-state index in [0.717, 1.165) is 37.9 Å². The topological polar surface area (TPSA) is 70.2 Å². The van der Waals surface area contributed by atoms with Gasteiger partial charge in [0.05, 0.1) is 0 Å². The number of carbonyl (C=O) groups is 2. The van der Waals surface area contributed by atoms with Crippen molar-refractivity contribution in [1.29, 1.82) is 0 Å². The molecule has 0 aliphatic carbocycles. The van der Waals surface area contributed by atoms with Crippen LogP contribution < -0.4 is 16.0 Å². The Kier molecular flexibility index (Phi) is 8.46. The lowest BCUT2D eigenvalue weighted by Gasteiger charge is -2.22. The Morgan fingerprint density at radius 1 is 1.12 bits per heavy atom. The second-order valence-corrected chi connectivity index (χ2v) is 6.82. The maximum Gasteiger partial charge on any atom is 0.251 e. The molecule has 2 amide bonds. The first kappa shape index (κ1) is 19.4. The molecule has 1 aromatic rings. The Hall–Kier alpha value is -1.88. The van der Waals surface area contributed by atoms with Gasteiger partial charge in [-0.1, -0.05) is 25.5 Å². The Morgan fingerprint density at radius 2 is 1.84 bits per heavy atom.